The van der Waals surface area contributed by atoms with Crippen LogP contribution in [-0.4, -0.2) is 29.4 Å². The number of carbonyl (C=O) groups excluding carboxylic acids is 1. The van der Waals surface area contributed by atoms with Crippen molar-refractivity contribution in [3.63, 3.8) is 0 Å². The molecule has 152 valence electrons. The van der Waals surface area contributed by atoms with Crippen molar-refractivity contribution < 1.29 is 4.79 Å². The minimum atomic E-state index is -0.108. The molecular formula is C25H26N4O. The fourth-order valence-corrected chi connectivity index (χ4v) is 4.43. The number of rotatable bonds is 1. The summed E-state index contributed by atoms with van der Waals surface area (Å²) in [7, 11) is 1.78. The van der Waals surface area contributed by atoms with E-state index in [9.17, 15) is 4.79 Å². The van der Waals surface area contributed by atoms with Crippen LogP contribution < -0.4 is 4.90 Å². The SMILES string of the molecule is CN1C(=O)/C(=N/N=C2/CCCc3c2[nH]c2ccc(C(C)(C)C)cc32)c2ccccc21. The number of hydrogen-bond acceptors (Lipinski definition) is 3. The highest BCUT2D eigenvalue weighted by atomic mass is 16.2. The summed E-state index contributed by atoms with van der Waals surface area (Å²) in [5, 5.41) is 10.3. The molecule has 0 radical (unpaired) electrons. The van der Waals surface area contributed by atoms with Gasteiger partial charge in [0.25, 0.3) is 5.91 Å². The van der Waals surface area contributed by atoms with Gasteiger partial charge in [-0.25, -0.2) is 0 Å². The number of likely N-dealkylation sites (N-methyl/N-ethyl adjacent to an activating group) is 1. The Bertz CT molecular complexity index is 1240. The molecule has 5 rings (SSSR count). The lowest BCUT2D eigenvalue weighted by atomic mass is 9.85. The Balaban J connectivity index is 1.59. The van der Waals surface area contributed by atoms with Gasteiger partial charge in [-0.05, 0) is 54.0 Å². The monoisotopic (exact) mass is 398 g/mol. The first-order chi connectivity index (χ1) is 14.3. The van der Waals surface area contributed by atoms with Gasteiger partial charge in [-0.2, -0.15) is 5.10 Å². The fourth-order valence-electron chi connectivity index (χ4n) is 4.43. The molecular weight excluding hydrogens is 372 g/mol. The van der Waals surface area contributed by atoms with Crippen molar-refractivity contribution in [3.05, 3.63) is 64.8 Å². The van der Waals surface area contributed by atoms with Crippen LogP contribution in [0.3, 0.4) is 0 Å². The number of aromatic amines is 1. The molecule has 0 saturated carbocycles. The zero-order chi connectivity index (χ0) is 21.0. The lowest BCUT2D eigenvalue weighted by molar-refractivity contribution is -0.111. The third kappa shape index (κ3) is 2.88. The van der Waals surface area contributed by atoms with Gasteiger partial charge in [-0.1, -0.05) is 45.0 Å². The Morgan fingerprint density at radius 2 is 1.83 bits per heavy atom. The molecule has 1 amide bonds. The smallest absolute Gasteiger partial charge is 0.279 e. The molecule has 0 unspecified atom stereocenters. The summed E-state index contributed by atoms with van der Waals surface area (Å²) >= 11 is 0. The minimum Gasteiger partial charge on any atom is -0.353 e. The van der Waals surface area contributed by atoms with Crippen molar-refractivity contribution in [3.8, 4) is 0 Å². The number of benzene rings is 2. The van der Waals surface area contributed by atoms with Crippen LogP contribution in [0.25, 0.3) is 10.9 Å². The van der Waals surface area contributed by atoms with Gasteiger partial charge in [-0.15, -0.1) is 5.10 Å². The molecule has 2 aliphatic rings. The van der Waals surface area contributed by atoms with Gasteiger partial charge in [-0.3, -0.25) is 4.79 Å². The highest BCUT2D eigenvalue weighted by Crippen LogP contribution is 2.33. The van der Waals surface area contributed by atoms with E-state index in [0.717, 1.165) is 47.4 Å². The average Bonchev–Trinajstić information content (AvgIpc) is 3.22. The zero-order valence-electron chi connectivity index (χ0n) is 17.9. The molecule has 1 aromatic heterocycles. The zero-order valence-corrected chi connectivity index (χ0v) is 17.9. The first-order valence-corrected chi connectivity index (χ1v) is 10.5. The molecule has 1 N–H and O–H groups in total. The van der Waals surface area contributed by atoms with E-state index in [-0.39, 0.29) is 11.3 Å². The van der Waals surface area contributed by atoms with Crippen molar-refractivity contribution in [2.45, 2.75) is 45.4 Å². The topological polar surface area (TPSA) is 60.8 Å². The van der Waals surface area contributed by atoms with E-state index < -0.39 is 0 Å². The number of H-pyrrole nitrogens is 1. The van der Waals surface area contributed by atoms with E-state index in [1.807, 2.05) is 24.3 Å². The summed E-state index contributed by atoms with van der Waals surface area (Å²) in [6, 6.07) is 14.4. The van der Waals surface area contributed by atoms with E-state index in [4.69, 9.17) is 0 Å². The molecule has 0 atom stereocenters. The number of anilines is 1. The average molecular weight is 399 g/mol. The molecule has 1 aliphatic carbocycles. The Kier molecular flexibility index (Phi) is 4.17. The summed E-state index contributed by atoms with van der Waals surface area (Å²) in [5.41, 5.74) is 8.03. The molecule has 1 aliphatic heterocycles. The summed E-state index contributed by atoms with van der Waals surface area (Å²) < 4.78 is 0. The second-order valence-corrected chi connectivity index (χ2v) is 9.22. The Labute approximate surface area is 176 Å². The van der Waals surface area contributed by atoms with Crippen molar-refractivity contribution in [2.75, 3.05) is 11.9 Å². The van der Waals surface area contributed by atoms with Gasteiger partial charge in [0, 0.05) is 23.5 Å². The van der Waals surface area contributed by atoms with Crippen LogP contribution in [-0.2, 0) is 16.6 Å². The quantitative estimate of drug-likeness (QED) is 0.578. The van der Waals surface area contributed by atoms with Crippen LogP contribution >= 0.6 is 0 Å². The third-order valence-electron chi connectivity index (χ3n) is 6.20. The fraction of sp³-hybridized carbons (Fsp3) is 0.320. The van der Waals surface area contributed by atoms with Crippen LogP contribution in [0.2, 0.25) is 0 Å². The highest BCUT2D eigenvalue weighted by Gasteiger charge is 2.31. The van der Waals surface area contributed by atoms with Gasteiger partial charge >= 0.3 is 0 Å². The maximum absolute atomic E-state index is 12.7. The van der Waals surface area contributed by atoms with Crippen LogP contribution in [0.5, 0.6) is 0 Å². The molecule has 0 fully saturated rings. The van der Waals surface area contributed by atoms with Crippen molar-refractivity contribution in [1.82, 2.24) is 4.98 Å². The highest BCUT2D eigenvalue weighted by molar-refractivity contribution is 6.54. The van der Waals surface area contributed by atoms with Gasteiger partial charge in [0.05, 0.1) is 17.1 Å². The Morgan fingerprint density at radius 3 is 2.63 bits per heavy atom. The number of nitrogens with one attached hydrogen (secondary N) is 1. The lowest BCUT2D eigenvalue weighted by Gasteiger charge is -2.19. The summed E-state index contributed by atoms with van der Waals surface area (Å²) in [6.07, 6.45) is 2.92. The number of aromatic nitrogens is 1. The van der Waals surface area contributed by atoms with E-state index in [2.05, 4.69) is 54.2 Å². The van der Waals surface area contributed by atoms with Gasteiger partial charge in [0.1, 0.15) is 0 Å². The third-order valence-corrected chi connectivity index (χ3v) is 6.20. The predicted octanol–water partition coefficient (Wildman–Crippen LogP) is 4.97. The van der Waals surface area contributed by atoms with Crippen molar-refractivity contribution in [1.29, 1.82) is 0 Å². The number of para-hydroxylation sites is 1. The largest absolute Gasteiger partial charge is 0.353 e. The number of hydrogen-bond donors (Lipinski definition) is 1. The lowest BCUT2D eigenvalue weighted by Crippen LogP contribution is -2.25. The summed E-state index contributed by atoms with van der Waals surface area (Å²) in [4.78, 5) is 17.9. The minimum absolute atomic E-state index is 0.108. The first kappa shape index (κ1) is 18.8. The van der Waals surface area contributed by atoms with Crippen LogP contribution in [0.4, 0.5) is 5.69 Å². The maximum Gasteiger partial charge on any atom is 0.279 e. The van der Waals surface area contributed by atoms with Crippen molar-refractivity contribution in [2.24, 2.45) is 10.2 Å². The predicted molar refractivity (Wildman–Crippen MR) is 123 cm³/mol. The van der Waals surface area contributed by atoms with Crippen LogP contribution in [0.1, 0.15) is 56.0 Å². The number of nitrogens with zero attached hydrogens (tertiary/aromatic N) is 3. The molecule has 0 spiro atoms. The second kappa shape index (κ2) is 6.66. The van der Waals surface area contributed by atoms with Crippen LogP contribution in [0, 0.1) is 0 Å². The molecule has 0 bridgehead atoms. The molecule has 2 aromatic carbocycles. The summed E-state index contributed by atoms with van der Waals surface area (Å²) in [6.45, 7) is 6.72. The van der Waals surface area contributed by atoms with Crippen LogP contribution in [0.15, 0.2) is 52.7 Å². The van der Waals surface area contributed by atoms with E-state index in [1.54, 1.807) is 11.9 Å². The van der Waals surface area contributed by atoms with Crippen molar-refractivity contribution >= 4 is 33.9 Å². The second-order valence-electron chi connectivity index (χ2n) is 9.22. The number of aryl methyl sites for hydroxylation is 1. The molecule has 5 nitrogen and oxygen atoms in total. The van der Waals surface area contributed by atoms with E-state index >= 15 is 0 Å². The number of fused-ring (bicyclic) bond motifs is 4. The van der Waals surface area contributed by atoms with E-state index in [1.165, 1.54) is 16.5 Å². The molecule has 0 saturated heterocycles. The van der Waals surface area contributed by atoms with Gasteiger partial charge in [0.15, 0.2) is 5.71 Å². The molecule has 5 heteroatoms. The summed E-state index contributed by atoms with van der Waals surface area (Å²) in [5.74, 6) is -0.108. The normalized spacial score (nSPS) is 19.1. The number of carbonyl (C=O) groups is 1. The standard InChI is InChI=1S/C25H26N4O/c1-25(2,3)15-12-13-19-18(14-15)16-9-7-10-20(22(16)26-19)27-28-23-17-8-5-6-11-21(17)29(4)24(23)30/h5-6,8,11-14,26H,7,9-10H2,1-4H3/b27-20-,28-23+. The maximum atomic E-state index is 12.7. The molecule has 30 heavy (non-hydrogen) atoms. The first-order valence-electron chi connectivity index (χ1n) is 10.5. The molecule has 2 heterocycles. The Hall–Kier alpha value is -3.21. The van der Waals surface area contributed by atoms with Gasteiger partial charge < -0.3 is 9.88 Å². The Morgan fingerprint density at radius 1 is 1.03 bits per heavy atom. The van der Waals surface area contributed by atoms with Gasteiger partial charge in [0.2, 0.25) is 0 Å². The van der Waals surface area contributed by atoms with E-state index in [0.29, 0.717) is 5.71 Å². The number of amides is 1. The molecule has 3 aromatic rings.